The van der Waals surface area contributed by atoms with Gasteiger partial charge >= 0.3 is 5.97 Å². The van der Waals surface area contributed by atoms with E-state index in [1.807, 2.05) is 6.08 Å². The second-order valence-electron chi connectivity index (χ2n) is 16.0. The van der Waals surface area contributed by atoms with Gasteiger partial charge in [-0.25, -0.2) is 4.79 Å². The Morgan fingerprint density at radius 2 is 1.74 bits per heavy atom. The fourth-order valence-corrected chi connectivity index (χ4v) is 14.0. The van der Waals surface area contributed by atoms with Crippen LogP contribution in [0.5, 0.6) is 0 Å². The van der Waals surface area contributed by atoms with Crippen LogP contribution in [0, 0.1) is 5.92 Å². The third-order valence-corrected chi connectivity index (χ3v) is 16.9. The van der Waals surface area contributed by atoms with E-state index in [-0.39, 0.29) is 49.4 Å². The molecule has 2 bridgehead atoms. The second kappa shape index (κ2) is 19.3. The zero-order chi connectivity index (χ0) is 36.4. The molecule has 0 N–H and O–H groups in total. The molecule has 50 heavy (non-hydrogen) atoms. The molecular formula is C41H66O8Si. The number of hydrogen-bond acceptors (Lipinski definition) is 8. The average Bonchev–Trinajstić information content (AvgIpc) is 3.81. The number of ether oxygens (including phenoxy) is 6. The van der Waals surface area contributed by atoms with E-state index < -0.39 is 20.5 Å². The van der Waals surface area contributed by atoms with Crippen molar-refractivity contribution in [2.24, 2.45) is 5.92 Å². The Hall–Kier alpha value is -1.85. The molecular weight excluding hydrogens is 649 g/mol. The molecule has 1 saturated heterocycles. The van der Waals surface area contributed by atoms with E-state index in [2.05, 4.69) is 92.3 Å². The Kier molecular flexibility index (Phi) is 15.8. The lowest BCUT2D eigenvalue weighted by Gasteiger charge is -2.45. The van der Waals surface area contributed by atoms with Crippen molar-refractivity contribution in [3.05, 3.63) is 60.3 Å². The molecule has 0 aromatic heterocycles. The van der Waals surface area contributed by atoms with Crippen LogP contribution in [-0.2, 0) is 37.6 Å². The van der Waals surface area contributed by atoms with Gasteiger partial charge in [-0.2, -0.15) is 0 Å². The first kappa shape index (κ1) is 40.9. The van der Waals surface area contributed by atoms with Crippen LogP contribution in [0.2, 0.25) is 16.6 Å². The van der Waals surface area contributed by atoms with Crippen LogP contribution in [0.3, 0.4) is 0 Å². The summed E-state index contributed by atoms with van der Waals surface area (Å²) in [5.41, 5.74) is 3.48. The van der Waals surface area contributed by atoms with Crippen molar-refractivity contribution in [2.75, 3.05) is 20.5 Å². The minimum atomic E-state index is -2.40. The highest BCUT2D eigenvalue weighted by Gasteiger charge is 2.51. The number of rotatable bonds is 11. The molecule has 0 amide bonds. The lowest BCUT2D eigenvalue weighted by atomic mass is 9.90. The summed E-state index contributed by atoms with van der Waals surface area (Å²) in [7, 11) is -0.771. The van der Waals surface area contributed by atoms with Crippen LogP contribution in [0.15, 0.2) is 60.3 Å². The molecule has 0 spiro atoms. The van der Waals surface area contributed by atoms with Gasteiger partial charge in [-0.3, -0.25) is 0 Å². The normalized spacial score (nSPS) is 33.2. The molecule has 4 rings (SSSR count). The van der Waals surface area contributed by atoms with E-state index in [1.54, 1.807) is 13.2 Å². The third kappa shape index (κ3) is 11.6. The van der Waals surface area contributed by atoms with Crippen molar-refractivity contribution < 1.29 is 37.6 Å². The predicted molar refractivity (Wildman–Crippen MR) is 201 cm³/mol. The van der Waals surface area contributed by atoms with E-state index in [4.69, 9.17) is 32.8 Å². The predicted octanol–water partition coefficient (Wildman–Crippen LogP) is 8.93. The summed E-state index contributed by atoms with van der Waals surface area (Å²) in [4.78, 5) is 13.6. The van der Waals surface area contributed by atoms with Gasteiger partial charge in [0, 0.05) is 19.6 Å². The van der Waals surface area contributed by atoms with Gasteiger partial charge in [0.1, 0.15) is 25.1 Å². The summed E-state index contributed by atoms with van der Waals surface area (Å²) < 4.78 is 44.2. The van der Waals surface area contributed by atoms with Gasteiger partial charge in [0.15, 0.2) is 0 Å². The number of fused-ring (bicyclic) bond motifs is 3. The molecule has 9 atom stereocenters. The Balaban J connectivity index is 1.69. The highest BCUT2D eigenvalue weighted by atomic mass is 28.4. The Morgan fingerprint density at radius 3 is 2.42 bits per heavy atom. The molecule has 282 valence electrons. The van der Waals surface area contributed by atoms with Gasteiger partial charge in [-0.1, -0.05) is 103 Å². The first-order valence-electron chi connectivity index (χ1n) is 19.1. The molecule has 0 radical (unpaired) electrons. The number of cyclic esters (lactones) is 1. The fraction of sp³-hybridized carbons (Fsp3) is 0.732. The maximum atomic E-state index is 13.6. The van der Waals surface area contributed by atoms with Gasteiger partial charge in [0.2, 0.25) is 8.32 Å². The first-order chi connectivity index (χ1) is 23.8. The average molecular weight is 715 g/mol. The van der Waals surface area contributed by atoms with Gasteiger partial charge in [0.05, 0.1) is 37.1 Å². The summed E-state index contributed by atoms with van der Waals surface area (Å²) in [5.74, 6) is 0.0243. The lowest BCUT2D eigenvalue weighted by molar-refractivity contribution is -0.147. The monoisotopic (exact) mass is 714 g/mol. The third-order valence-electron chi connectivity index (χ3n) is 10.8. The van der Waals surface area contributed by atoms with Crippen molar-refractivity contribution in [3.8, 4) is 0 Å². The highest BCUT2D eigenvalue weighted by molar-refractivity contribution is 6.77. The molecule has 8 nitrogen and oxygen atoms in total. The van der Waals surface area contributed by atoms with Crippen LogP contribution in [-0.4, -0.2) is 83.6 Å². The zero-order valence-electron chi connectivity index (χ0n) is 32.3. The van der Waals surface area contributed by atoms with Crippen molar-refractivity contribution >= 4 is 14.3 Å². The molecule has 0 aromatic rings. The van der Waals surface area contributed by atoms with Gasteiger partial charge in [-0.15, -0.1) is 0 Å². The van der Waals surface area contributed by atoms with E-state index in [9.17, 15) is 4.79 Å². The topological polar surface area (TPSA) is 85.0 Å². The van der Waals surface area contributed by atoms with E-state index >= 15 is 0 Å². The van der Waals surface area contributed by atoms with Crippen LogP contribution in [0.25, 0.3) is 0 Å². The quantitative estimate of drug-likeness (QED) is 0.0690. The number of carbonyl (C=O) groups is 1. The summed E-state index contributed by atoms with van der Waals surface area (Å²) in [6.07, 6.45) is 17.8. The summed E-state index contributed by atoms with van der Waals surface area (Å²) >= 11 is 0. The Labute approximate surface area is 303 Å². The number of carbonyl (C=O) groups excluding carboxylic acids is 1. The SMILES string of the molecule is C=C1C[C@H](C)C[C@@H]2CC=C[C@@H](C/C=C/C(=O)O[C@H]([C@H](/C=C/[C@@H]3CC(C)=CCO3)O[Si](C(C)C)(C(C)C)C(C)C)C[C@H]3O[C@H]3[C@@H](OCOC)C1)O2. The molecule has 4 heterocycles. The standard InChI is InChI=1S/C41H66O8Si/c1-27(2)50(28(3)4,29(5)6)49-36(18-17-34-22-30(7)19-20-44-34)37-25-39-41(48-39)38(45-26-43-10)24-32(9)21-31(8)23-35-15-11-13-33(46-35)14-12-16-40(42)47-37/h11-13,16-19,27-29,31,33-39,41H,9,14-15,20-26H2,1-8,10H3/b16-12+,18-17+/t31-,33-,34+,35-,36-,37-,38-,39+,41-/m0/s1. The van der Waals surface area contributed by atoms with Crippen molar-refractivity contribution in [1.29, 1.82) is 0 Å². The number of epoxide rings is 1. The van der Waals surface area contributed by atoms with Crippen LogP contribution in [0.1, 0.15) is 100 Å². The smallest absolute Gasteiger partial charge is 0.330 e. The van der Waals surface area contributed by atoms with Crippen molar-refractivity contribution in [2.45, 2.75) is 166 Å². The Bertz CT molecular complexity index is 1200. The second-order valence-corrected chi connectivity index (χ2v) is 21.4. The number of hydrogen-bond donors (Lipinski definition) is 0. The number of esters is 1. The first-order valence-corrected chi connectivity index (χ1v) is 21.2. The summed E-state index contributed by atoms with van der Waals surface area (Å²) in [6, 6.07) is 0. The van der Waals surface area contributed by atoms with Gasteiger partial charge in [-0.05, 0) is 68.0 Å². The zero-order valence-corrected chi connectivity index (χ0v) is 33.3. The van der Waals surface area contributed by atoms with Crippen LogP contribution < -0.4 is 0 Å². The van der Waals surface area contributed by atoms with Gasteiger partial charge in [0.25, 0.3) is 0 Å². The van der Waals surface area contributed by atoms with E-state index in [0.717, 1.165) is 31.3 Å². The summed E-state index contributed by atoms with van der Waals surface area (Å²) in [6.45, 7) is 23.3. The van der Waals surface area contributed by atoms with E-state index in [1.165, 1.54) is 5.57 Å². The minimum Gasteiger partial charge on any atom is -0.456 e. The maximum absolute atomic E-state index is 13.6. The molecule has 0 aromatic carbocycles. The largest absolute Gasteiger partial charge is 0.456 e. The van der Waals surface area contributed by atoms with Gasteiger partial charge < -0.3 is 32.8 Å². The maximum Gasteiger partial charge on any atom is 0.330 e. The minimum absolute atomic E-state index is 0.0633. The molecule has 4 aliphatic rings. The molecule has 9 heteroatoms. The Morgan fingerprint density at radius 1 is 1.00 bits per heavy atom. The molecule has 0 unspecified atom stereocenters. The molecule has 0 aliphatic carbocycles. The van der Waals surface area contributed by atoms with E-state index in [0.29, 0.717) is 48.4 Å². The lowest BCUT2D eigenvalue weighted by Crippen LogP contribution is -2.52. The number of methoxy groups -OCH3 is 1. The molecule has 1 fully saturated rings. The highest BCUT2D eigenvalue weighted by Crippen LogP contribution is 2.45. The summed E-state index contributed by atoms with van der Waals surface area (Å²) in [5, 5.41) is 0. The van der Waals surface area contributed by atoms with Crippen molar-refractivity contribution in [1.82, 2.24) is 0 Å². The molecule has 0 saturated carbocycles. The van der Waals surface area contributed by atoms with Crippen LogP contribution >= 0.6 is 0 Å². The molecule has 4 aliphatic heterocycles. The van der Waals surface area contributed by atoms with Crippen molar-refractivity contribution in [3.63, 3.8) is 0 Å². The fourth-order valence-electron chi connectivity index (χ4n) is 8.49. The van der Waals surface area contributed by atoms with Crippen LogP contribution in [0.4, 0.5) is 0 Å².